The summed E-state index contributed by atoms with van der Waals surface area (Å²) in [5.74, 6) is -0.462. The molecule has 0 aromatic heterocycles. The zero-order valence-corrected chi connectivity index (χ0v) is 11.8. The zero-order valence-electron chi connectivity index (χ0n) is 9.40. The van der Waals surface area contributed by atoms with Crippen LogP contribution in [0.5, 0.6) is 0 Å². The molecule has 0 saturated heterocycles. The maximum atomic E-state index is 13.7. The highest BCUT2D eigenvalue weighted by Crippen LogP contribution is 2.22. The van der Waals surface area contributed by atoms with Crippen molar-refractivity contribution in [2.45, 2.75) is 4.90 Å². The van der Waals surface area contributed by atoms with Gasteiger partial charge in [0.05, 0.1) is 15.8 Å². The Labute approximate surface area is 118 Å². The highest BCUT2D eigenvalue weighted by molar-refractivity contribution is 9.10. The normalized spacial score (nSPS) is 10.3. The van der Waals surface area contributed by atoms with Gasteiger partial charge in [0.1, 0.15) is 5.82 Å². The summed E-state index contributed by atoms with van der Waals surface area (Å²) in [6, 6.07) is 14.3. The van der Waals surface area contributed by atoms with Gasteiger partial charge in [0, 0.05) is 4.90 Å². The molecule has 4 heteroatoms. The van der Waals surface area contributed by atoms with E-state index >= 15 is 0 Å². The summed E-state index contributed by atoms with van der Waals surface area (Å²) in [5.41, 5.74) is 0.132. The average molecular weight is 325 g/mol. The lowest BCUT2D eigenvalue weighted by molar-refractivity contribution is 0.101. The topological polar surface area (TPSA) is 17.1 Å². The second-order valence-electron chi connectivity index (χ2n) is 3.63. The van der Waals surface area contributed by atoms with Crippen molar-refractivity contribution in [3.8, 4) is 0 Å². The number of rotatable bonds is 4. The van der Waals surface area contributed by atoms with Crippen molar-refractivity contribution in [2.24, 2.45) is 0 Å². The minimum atomic E-state index is -0.490. The van der Waals surface area contributed by atoms with Crippen molar-refractivity contribution in [3.05, 3.63) is 64.4 Å². The molecule has 0 fully saturated rings. The largest absolute Gasteiger partial charge is 0.293 e. The van der Waals surface area contributed by atoms with Crippen LogP contribution in [0.3, 0.4) is 0 Å². The molecular weight excluding hydrogens is 315 g/mol. The molecule has 0 atom stereocenters. The van der Waals surface area contributed by atoms with Crippen LogP contribution in [0.2, 0.25) is 0 Å². The van der Waals surface area contributed by atoms with Gasteiger partial charge < -0.3 is 0 Å². The van der Waals surface area contributed by atoms with Gasteiger partial charge in [-0.2, -0.15) is 0 Å². The lowest BCUT2D eigenvalue weighted by atomic mass is 10.1. The third-order valence-corrected chi connectivity index (χ3v) is 3.99. The summed E-state index contributed by atoms with van der Waals surface area (Å²) in [6.45, 7) is 0. The zero-order chi connectivity index (χ0) is 13.0. The molecule has 0 saturated carbocycles. The number of thioether (sulfide) groups is 1. The molecule has 2 aromatic rings. The Morgan fingerprint density at radius 1 is 1.11 bits per heavy atom. The lowest BCUT2D eigenvalue weighted by Gasteiger charge is -2.04. The second-order valence-corrected chi connectivity index (χ2v) is 5.53. The predicted molar refractivity (Wildman–Crippen MR) is 75.6 cm³/mol. The molecule has 18 heavy (non-hydrogen) atoms. The van der Waals surface area contributed by atoms with Crippen LogP contribution in [-0.4, -0.2) is 11.5 Å². The van der Waals surface area contributed by atoms with Crippen molar-refractivity contribution < 1.29 is 9.18 Å². The third-order valence-electron chi connectivity index (χ3n) is 2.37. The molecule has 2 rings (SSSR count). The molecule has 0 unspecified atom stereocenters. The summed E-state index contributed by atoms with van der Waals surface area (Å²) < 4.78 is 14.0. The number of carbonyl (C=O) groups is 1. The fourth-order valence-electron chi connectivity index (χ4n) is 1.46. The van der Waals surface area contributed by atoms with E-state index in [-0.39, 0.29) is 17.1 Å². The van der Waals surface area contributed by atoms with Crippen LogP contribution in [0.1, 0.15) is 10.4 Å². The van der Waals surface area contributed by atoms with Gasteiger partial charge in [0.25, 0.3) is 0 Å². The van der Waals surface area contributed by atoms with Gasteiger partial charge in [0.2, 0.25) is 0 Å². The van der Waals surface area contributed by atoms with Crippen molar-refractivity contribution in [3.63, 3.8) is 0 Å². The van der Waals surface area contributed by atoms with Gasteiger partial charge >= 0.3 is 0 Å². The molecule has 92 valence electrons. The molecule has 0 heterocycles. The van der Waals surface area contributed by atoms with E-state index in [0.29, 0.717) is 4.47 Å². The molecule has 0 aliphatic rings. The monoisotopic (exact) mass is 324 g/mol. The predicted octanol–water partition coefficient (Wildman–Crippen LogP) is 4.56. The molecular formula is C14H10BrFOS. The van der Waals surface area contributed by atoms with Crippen LogP contribution in [0.25, 0.3) is 0 Å². The summed E-state index contributed by atoms with van der Waals surface area (Å²) in [6.07, 6.45) is 0. The maximum absolute atomic E-state index is 13.7. The van der Waals surface area contributed by atoms with E-state index in [1.807, 2.05) is 30.3 Å². The van der Waals surface area contributed by atoms with Crippen molar-refractivity contribution >= 4 is 33.5 Å². The summed E-state index contributed by atoms with van der Waals surface area (Å²) in [5, 5.41) is 0. The van der Waals surface area contributed by atoms with Crippen molar-refractivity contribution in [2.75, 3.05) is 5.75 Å². The quantitative estimate of drug-likeness (QED) is 0.605. The Kier molecular flexibility index (Phi) is 4.55. The number of Topliss-reactive ketones (excluding diaryl/α,β-unsaturated/α-hetero) is 1. The first-order valence-electron chi connectivity index (χ1n) is 5.33. The minimum Gasteiger partial charge on any atom is -0.293 e. The number of carbonyl (C=O) groups excluding carboxylic acids is 1. The fourth-order valence-corrected chi connectivity index (χ4v) is 2.63. The molecule has 0 amide bonds. The van der Waals surface area contributed by atoms with Crippen molar-refractivity contribution in [1.29, 1.82) is 0 Å². The Hall–Kier alpha value is -1.13. The summed E-state index contributed by atoms with van der Waals surface area (Å²) >= 11 is 4.48. The Bertz CT molecular complexity index is 557. The number of hydrogen-bond donors (Lipinski definition) is 0. The van der Waals surface area contributed by atoms with Crippen LogP contribution >= 0.6 is 27.7 Å². The van der Waals surface area contributed by atoms with Gasteiger partial charge in [-0.05, 0) is 40.2 Å². The van der Waals surface area contributed by atoms with E-state index in [1.54, 1.807) is 12.1 Å². The number of halogens is 2. The summed E-state index contributed by atoms with van der Waals surface area (Å²) in [7, 11) is 0. The Balaban J connectivity index is 2.07. The van der Waals surface area contributed by atoms with Crippen LogP contribution in [0.15, 0.2) is 57.9 Å². The van der Waals surface area contributed by atoms with Crippen molar-refractivity contribution in [1.82, 2.24) is 0 Å². The molecule has 0 bridgehead atoms. The molecule has 0 aliphatic heterocycles. The summed E-state index contributed by atoms with van der Waals surface area (Å²) in [4.78, 5) is 12.9. The van der Waals surface area contributed by atoms with Gasteiger partial charge in [-0.1, -0.05) is 24.3 Å². The number of hydrogen-bond acceptors (Lipinski definition) is 2. The minimum absolute atomic E-state index is 0.132. The first kappa shape index (κ1) is 13.3. The number of ketones is 1. The van der Waals surface area contributed by atoms with E-state index in [2.05, 4.69) is 15.9 Å². The van der Waals surface area contributed by atoms with Crippen LogP contribution < -0.4 is 0 Å². The fraction of sp³-hybridized carbons (Fsp3) is 0.0714. The molecule has 0 aliphatic carbocycles. The third kappa shape index (κ3) is 3.21. The van der Waals surface area contributed by atoms with Gasteiger partial charge in [-0.25, -0.2) is 4.39 Å². The van der Waals surface area contributed by atoms with Crippen LogP contribution in [-0.2, 0) is 0 Å². The molecule has 1 nitrogen and oxygen atoms in total. The standard InChI is InChI=1S/C14H10BrFOS/c15-12-8-4-7-11(14(12)16)13(17)9-18-10-5-2-1-3-6-10/h1-8H,9H2. The van der Waals surface area contributed by atoms with E-state index < -0.39 is 5.82 Å². The highest BCUT2D eigenvalue weighted by atomic mass is 79.9. The van der Waals surface area contributed by atoms with Gasteiger partial charge in [-0.3, -0.25) is 4.79 Å². The van der Waals surface area contributed by atoms with Crippen LogP contribution in [0.4, 0.5) is 4.39 Å². The molecule has 0 spiro atoms. The molecule has 0 radical (unpaired) electrons. The second kappa shape index (κ2) is 6.16. The first-order chi connectivity index (χ1) is 8.68. The Morgan fingerprint density at radius 2 is 1.83 bits per heavy atom. The van der Waals surface area contributed by atoms with E-state index in [4.69, 9.17) is 0 Å². The maximum Gasteiger partial charge on any atom is 0.176 e. The average Bonchev–Trinajstić information content (AvgIpc) is 2.40. The van der Waals surface area contributed by atoms with E-state index in [1.165, 1.54) is 17.8 Å². The Morgan fingerprint density at radius 3 is 2.56 bits per heavy atom. The van der Waals surface area contributed by atoms with E-state index in [9.17, 15) is 9.18 Å². The number of benzene rings is 2. The van der Waals surface area contributed by atoms with Gasteiger partial charge in [-0.15, -0.1) is 11.8 Å². The lowest BCUT2D eigenvalue weighted by Crippen LogP contribution is -2.05. The van der Waals surface area contributed by atoms with E-state index in [0.717, 1.165) is 4.90 Å². The molecule has 0 N–H and O–H groups in total. The van der Waals surface area contributed by atoms with Gasteiger partial charge in [0.15, 0.2) is 5.78 Å². The smallest absolute Gasteiger partial charge is 0.176 e. The SMILES string of the molecule is O=C(CSc1ccccc1)c1cccc(Br)c1F. The van der Waals surface area contributed by atoms with Crippen LogP contribution in [0, 0.1) is 5.82 Å². The molecule has 2 aromatic carbocycles. The highest BCUT2D eigenvalue weighted by Gasteiger charge is 2.13. The first-order valence-corrected chi connectivity index (χ1v) is 7.11.